The van der Waals surface area contributed by atoms with Gasteiger partial charge in [0.1, 0.15) is 5.75 Å². The standard InChI is InChI=1S/C15H25N3O/c16-8-11-18-9-5-13(6-10-18)7-12-19-15-3-1-14(17)2-4-15/h1-4,13H,5-12,16-17H2. The van der Waals surface area contributed by atoms with Crippen molar-refractivity contribution in [2.24, 2.45) is 11.7 Å². The minimum absolute atomic E-state index is 0.769. The van der Waals surface area contributed by atoms with E-state index < -0.39 is 0 Å². The Morgan fingerprint density at radius 1 is 1.16 bits per heavy atom. The van der Waals surface area contributed by atoms with E-state index in [-0.39, 0.29) is 0 Å². The molecule has 0 spiro atoms. The molecule has 1 aliphatic heterocycles. The highest BCUT2D eigenvalue weighted by Crippen LogP contribution is 2.21. The molecule has 1 aromatic carbocycles. The number of nitrogens with zero attached hydrogens (tertiary/aromatic N) is 1. The molecule has 0 radical (unpaired) electrons. The van der Waals surface area contributed by atoms with E-state index in [2.05, 4.69) is 4.90 Å². The van der Waals surface area contributed by atoms with Crippen molar-refractivity contribution in [3.05, 3.63) is 24.3 Å². The van der Waals surface area contributed by atoms with E-state index in [1.807, 2.05) is 24.3 Å². The van der Waals surface area contributed by atoms with Crippen molar-refractivity contribution >= 4 is 5.69 Å². The zero-order valence-corrected chi connectivity index (χ0v) is 11.6. The lowest BCUT2D eigenvalue weighted by molar-refractivity contribution is 0.166. The van der Waals surface area contributed by atoms with Crippen molar-refractivity contribution in [1.82, 2.24) is 4.90 Å². The number of likely N-dealkylation sites (tertiary alicyclic amines) is 1. The molecule has 1 saturated heterocycles. The van der Waals surface area contributed by atoms with Gasteiger partial charge in [0.05, 0.1) is 6.61 Å². The second-order valence-corrected chi connectivity index (χ2v) is 5.28. The van der Waals surface area contributed by atoms with Gasteiger partial charge in [-0.2, -0.15) is 0 Å². The van der Waals surface area contributed by atoms with Gasteiger partial charge in [-0.05, 0) is 62.5 Å². The van der Waals surface area contributed by atoms with Gasteiger partial charge in [0, 0.05) is 18.8 Å². The normalized spacial score (nSPS) is 17.5. The summed E-state index contributed by atoms with van der Waals surface area (Å²) in [6.07, 6.45) is 3.68. The molecule has 4 heteroatoms. The van der Waals surface area contributed by atoms with E-state index in [1.54, 1.807) is 0 Å². The smallest absolute Gasteiger partial charge is 0.119 e. The summed E-state index contributed by atoms with van der Waals surface area (Å²) in [6.45, 7) is 4.97. The maximum atomic E-state index is 5.75. The van der Waals surface area contributed by atoms with Crippen LogP contribution in [0.1, 0.15) is 19.3 Å². The number of anilines is 1. The number of piperidine rings is 1. The van der Waals surface area contributed by atoms with Crippen LogP contribution in [-0.4, -0.2) is 37.7 Å². The zero-order valence-electron chi connectivity index (χ0n) is 11.6. The molecule has 1 fully saturated rings. The molecular formula is C15H25N3O. The fraction of sp³-hybridized carbons (Fsp3) is 0.600. The maximum absolute atomic E-state index is 5.75. The number of ether oxygens (including phenoxy) is 1. The SMILES string of the molecule is NCCN1CCC(CCOc2ccc(N)cc2)CC1. The van der Waals surface area contributed by atoms with Crippen LogP contribution in [0.15, 0.2) is 24.3 Å². The third-order valence-electron chi connectivity index (χ3n) is 3.83. The topological polar surface area (TPSA) is 64.5 Å². The highest BCUT2D eigenvalue weighted by Gasteiger charge is 2.18. The third-order valence-corrected chi connectivity index (χ3v) is 3.83. The zero-order chi connectivity index (χ0) is 13.5. The minimum Gasteiger partial charge on any atom is -0.494 e. The highest BCUT2D eigenvalue weighted by atomic mass is 16.5. The van der Waals surface area contributed by atoms with Crippen LogP contribution in [0.2, 0.25) is 0 Å². The molecule has 106 valence electrons. The molecule has 0 atom stereocenters. The molecule has 0 aromatic heterocycles. The summed E-state index contributed by atoms with van der Waals surface area (Å²) < 4.78 is 5.75. The van der Waals surface area contributed by atoms with Crippen molar-refractivity contribution in [2.75, 3.05) is 38.5 Å². The van der Waals surface area contributed by atoms with Gasteiger partial charge < -0.3 is 21.1 Å². The summed E-state index contributed by atoms with van der Waals surface area (Å²) in [5, 5.41) is 0. The van der Waals surface area contributed by atoms with Gasteiger partial charge >= 0.3 is 0 Å². The summed E-state index contributed by atoms with van der Waals surface area (Å²) >= 11 is 0. The van der Waals surface area contributed by atoms with Crippen molar-refractivity contribution in [1.29, 1.82) is 0 Å². The molecular weight excluding hydrogens is 238 g/mol. The molecule has 0 unspecified atom stereocenters. The lowest BCUT2D eigenvalue weighted by Crippen LogP contribution is -2.37. The van der Waals surface area contributed by atoms with Gasteiger partial charge in [0.2, 0.25) is 0 Å². The lowest BCUT2D eigenvalue weighted by Gasteiger charge is -2.31. The molecule has 1 aliphatic rings. The lowest BCUT2D eigenvalue weighted by atomic mass is 9.94. The molecule has 4 N–H and O–H groups in total. The van der Waals surface area contributed by atoms with E-state index in [0.717, 1.165) is 43.5 Å². The van der Waals surface area contributed by atoms with Crippen molar-refractivity contribution in [2.45, 2.75) is 19.3 Å². The van der Waals surface area contributed by atoms with Gasteiger partial charge in [-0.25, -0.2) is 0 Å². The van der Waals surface area contributed by atoms with Crippen LogP contribution in [0.5, 0.6) is 5.75 Å². The third kappa shape index (κ3) is 4.73. The molecule has 4 nitrogen and oxygen atoms in total. The van der Waals surface area contributed by atoms with E-state index in [4.69, 9.17) is 16.2 Å². The number of rotatable bonds is 6. The van der Waals surface area contributed by atoms with E-state index in [1.165, 1.54) is 25.9 Å². The Labute approximate surface area is 115 Å². The Morgan fingerprint density at radius 2 is 1.84 bits per heavy atom. The fourth-order valence-corrected chi connectivity index (χ4v) is 2.59. The molecule has 1 aromatic rings. The van der Waals surface area contributed by atoms with Gasteiger partial charge in [0.15, 0.2) is 0 Å². The minimum atomic E-state index is 0.769. The molecule has 2 rings (SSSR count). The first-order valence-electron chi connectivity index (χ1n) is 7.18. The van der Waals surface area contributed by atoms with Gasteiger partial charge in [-0.1, -0.05) is 0 Å². The van der Waals surface area contributed by atoms with Crippen molar-refractivity contribution in [3.63, 3.8) is 0 Å². The Bertz CT molecular complexity index is 358. The Hall–Kier alpha value is -1.26. The Kier molecular flexibility index (Phi) is 5.48. The number of hydrogen-bond donors (Lipinski definition) is 2. The van der Waals surface area contributed by atoms with Crippen LogP contribution in [0.3, 0.4) is 0 Å². The van der Waals surface area contributed by atoms with Crippen LogP contribution in [0.4, 0.5) is 5.69 Å². The second-order valence-electron chi connectivity index (χ2n) is 5.28. The number of nitrogen functional groups attached to an aromatic ring is 1. The number of benzene rings is 1. The predicted octanol–water partition coefficient (Wildman–Crippen LogP) is 1.71. The van der Waals surface area contributed by atoms with Crippen LogP contribution in [0, 0.1) is 5.92 Å². The first kappa shape index (κ1) is 14.2. The van der Waals surface area contributed by atoms with Crippen LogP contribution in [-0.2, 0) is 0 Å². The number of hydrogen-bond acceptors (Lipinski definition) is 4. The van der Waals surface area contributed by atoms with Crippen molar-refractivity contribution in [3.8, 4) is 5.75 Å². The molecule has 0 saturated carbocycles. The van der Waals surface area contributed by atoms with Crippen molar-refractivity contribution < 1.29 is 4.74 Å². The predicted molar refractivity (Wildman–Crippen MR) is 79.2 cm³/mol. The highest BCUT2D eigenvalue weighted by molar-refractivity contribution is 5.41. The maximum Gasteiger partial charge on any atom is 0.119 e. The number of nitrogens with two attached hydrogens (primary N) is 2. The molecule has 1 heterocycles. The second kappa shape index (κ2) is 7.36. The molecule has 0 bridgehead atoms. The summed E-state index contributed by atoms with van der Waals surface area (Å²) in [4.78, 5) is 2.46. The summed E-state index contributed by atoms with van der Waals surface area (Å²) in [6, 6.07) is 7.61. The average molecular weight is 263 g/mol. The quantitative estimate of drug-likeness (QED) is 0.767. The van der Waals surface area contributed by atoms with E-state index >= 15 is 0 Å². The van der Waals surface area contributed by atoms with Crippen LogP contribution in [0.25, 0.3) is 0 Å². The Morgan fingerprint density at radius 3 is 2.47 bits per heavy atom. The Balaban J connectivity index is 1.63. The molecule has 0 aliphatic carbocycles. The monoisotopic (exact) mass is 263 g/mol. The summed E-state index contributed by atoms with van der Waals surface area (Å²) in [7, 11) is 0. The summed E-state index contributed by atoms with van der Waals surface area (Å²) in [5.41, 5.74) is 12.0. The summed E-state index contributed by atoms with van der Waals surface area (Å²) in [5.74, 6) is 1.71. The average Bonchev–Trinajstić information content (AvgIpc) is 2.43. The largest absolute Gasteiger partial charge is 0.494 e. The van der Waals surface area contributed by atoms with E-state index in [9.17, 15) is 0 Å². The fourth-order valence-electron chi connectivity index (χ4n) is 2.59. The molecule has 19 heavy (non-hydrogen) atoms. The van der Waals surface area contributed by atoms with Gasteiger partial charge in [0.25, 0.3) is 0 Å². The first-order chi connectivity index (χ1) is 9.28. The van der Waals surface area contributed by atoms with Crippen LogP contribution < -0.4 is 16.2 Å². The molecule has 0 amide bonds. The van der Waals surface area contributed by atoms with Gasteiger partial charge in [-0.3, -0.25) is 0 Å². The van der Waals surface area contributed by atoms with Crippen LogP contribution >= 0.6 is 0 Å². The van der Waals surface area contributed by atoms with E-state index in [0.29, 0.717) is 0 Å². The van der Waals surface area contributed by atoms with Gasteiger partial charge in [-0.15, -0.1) is 0 Å². The first-order valence-corrected chi connectivity index (χ1v) is 7.18.